The second-order valence-corrected chi connectivity index (χ2v) is 11.1. The van der Waals surface area contributed by atoms with Crippen LogP contribution < -0.4 is 10.6 Å². The van der Waals surface area contributed by atoms with E-state index in [1.807, 2.05) is 31.2 Å². The second-order valence-electron chi connectivity index (χ2n) is 11.1. The van der Waals surface area contributed by atoms with E-state index in [1.54, 1.807) is 0 Å². The van der Waals surface area contributed by atoms with Gasteiger partial charge < -0.3 is 20.6 Å². The zero-order valence-electron chi connectivity index (χ0n) is 24.9. The minimum Gasteiger partial charge on any atom is -0.390 e. The third-order valence-corrected chi connectivity index (χ3v) is 7.24. The number of aliphatic hydroxyl groups excluding tert-OH is 1. The van der Waals surface area contributed by atoms with Crippen LogP contribution in [0.15, 0.2) is 60.7 Å². The van der Waals surface area contributed by atoms with E-state index >= 15 is 0 Å². The van der Waals surface area contributed by atoms with Gasteiger partial charge in [-0.2, -0.15) is 0 Å². The summed E-state index contributed by atoms with van der Waals surface area (Å²) in [7, 11) is 2.08. The van der Waals surface area contributed by atoms with Crippen molar-refractivity contribution in [1.29, 1.82) is 0 Å². The Morgan fingerprint density at radius 3 is 2.37 bits per heavy atom. The molecule has 0 fully saturated rings. The quantitative estimate of drug-likeness (QED) is 0.188. The number of nitrogens with zero attached hydrogens (tertiary/aromatic N) is 1. The summed E-state index contributed by atoms with van der Waals surface area (Å²) in [6, 6.07) is 16.5. The van der Waals surface area contributed by atoms with E-state index < -0.39 is 23.8 Å². The fourth-order valence-electron chi connectivity index (χ4n) is 5.09. The molecule has 0 saturated carbocycles. The van der Waals surface area contributed by atoms with Crippen LogP contribution >= 0.6 is 0 Å². The number of unbranched alkanes of at least 4 members (excludes halogenated alkanes) is 2. The van der Waals surface area contributed by atoms with Crippen LogP contribution in [0.25, 0.3) is 0 Å². The van der Waals surface area contributed by atoms with Gasteiger partial charge in [0.15, 0.2) is 0 Å². The number of amides is 1. The van der Waals surface area contributed by atoms with Crippen LogP contribution in [0.2, 0.25) is 0 Å². The van der Waals surface area contributed by atoms with Crippen molar-refractivity contribution in [2.24, 2.45) is 0 Å². The molecule has 0 aliphatic carbocycles. The molecular weight excluding hydrogens is 520 g/mol. The molecule has 0 spiro atoms. The average Bonchev–Trinajstić information content (AvgIpc) is 2.92. The lowest BCUT2D eigenvalue weighted by molar-refractivity contribution is 0.0829. The molecule has 1 amide bonds. The van der Waals surface area contributed by atoms with Crippen LogP contribution in [0.4, 0.5) is 8.78 Å². The Morgan fingerprint density at radius 1 is 0.927 bits per heavy atom. The predicted molar refractivity (Wildman–Crippen MR) is 162 cm³/mol. The molecule has 2 atom stereocenters. The Labute approximate surface area is 244 Å². The van der Waals surface area contributed by atoms with Gasteiger partial charge >= 0.3 is 0 Å². The van der Waals surface area contributed by atoms with E-state index in [9.17, 15) is 18.7 Å². The smallest absolute Gasteiger partial charge is 0.251 e. The van der Waals surface area contributed by atoms with E-state index in [1.165, 1.54) is 30.5 Å². The largest absolute Gasteiger partial charge is 0.390 e. The van der Waals surface area contributed by atoms with Crippen LogP contribution in [-0.4, -0.2) is 48.2 Å². The number of aliphatic hydroxyl groups is 1. The van der Waals surface area contributed by atoms with E-state index in [2.05, 4.69) is 54.6 Å². The fourth-order valence-corrected chi connectivity index (χ4v) is 5.09. The summed E-state index contributed by atoms with van der Waals surface area (Å²) in [6.07, 6.45) is 3.50. The molecule has 0 unspecified atom stereocenters. The normalized spacial score (nSPS) is 12.9. The van der Waals surface area contributed by atoms with Crippen molar-refractivity contribution in [3.63, 3.8) is 0 Å². The lowest BCUT2D eigenvalue weighted by atomic mass is 9.99. The van der Waals surface area contributed by atoms with Gasteiger partial charge in [0, 0.05) is 31.3 Å². The number of carbonyl (C=O) groups is 1. The molecule has 3 rings (SSSR count). The first-order valence-electron chi connectivity index (χ1n) is 14.7. The van der Waals surface area contributed by atoms with Gasteiger partial charge in [-0.1, -0.05) is 62.6 Å². The molecule has 3 N–H and O–H groups in total. The van der Waals surface area contributed by atoms with Crippen LogP contribution in [0, 0.1) is 18.6 Å². The molecule has 0 heterocycles. The summed E-state index contributed by atoms with van der Waals surface area (Å²) in [6.45, 7) is 8.69. The highest BCUT2D eigenvalue weighted by Gasteiger charge is 2.23. The number of carbonyl (C=O) groups excluding carboxylic acids is 1. The SMILES string of the molecule is CCCCCN(C)Cc1cc(C)cc(C(=O)N[C@@H](Cc2cc(F)cc(F)c2)[C@@H](O)CNCc2cccc(CC)c2)c1. The molecule has 41 heavy (non-hydrogen) atoms. The standard InChI is InChI=1S/C34H45F2N3O2/c1-5-7-8-12-39(4)23-28-13-24(3)14-29(16-28)34(41)38-32(19-27-17-30(35)20-31(36)18-27)33(40)22-37-21-26-11-9-10-25(6-2)15-26/h9-11,13-18,20,32-33,37,40H,5-8,12,19,21-23H2,1-4H3,(H,38,41)/t32-,33-/m0/s1. The molecule has 3 aromatic carbocycles. The minimum atomic E-state index is -0.992. The molecule has 7 heteroatoms. The second kappa shape index (κ2) is 16.3. The van der Waals surface area contributed by atoms with E-state index in [0.717, 1.165) is 48.7 Å². The lowest BCUT2D eigenvalue weighted by Gasteiger charge is -2.25. The maximum absolute atomic E-state index is 13.9. The molecule has 5 nitrogen and oxygen atoms in total. The Hall–Kier alpha value is -3.13. The molecule has 0 saturated heterocycles. The highest BCUT2D eigenvalue weighted by molar-refractivity contribution is 5.94. The van der Waals surface area contributed by atoms with E-state index in [-0.39, 0.29) is 18.9 Å². The summed E-state index contributed by atoms with van der Waals surface area (Å²) in [5.41, 5.74) is 5.18. The van der Waals surface area contributed by atoms with E-state index in [0.29, 0.717) is 17.7 Å². The van der Waals surface area contributed by atoms with Gasteiger partial charge in [-0.05, 0) is 86.3 Å². The summed E-state index contributed by atoms with van der Waals surface area (Å²) < 4.78 is 27.9. The van der Waals surface area contributed by atoms with Crippen LogP contribution in [0.3, 0.4) is 0 Å². The van der Waals surface area contributed by atoms with Gasteiger partial charge in [-0.25, -0.2) is 8.78 Å². The van der Waals surface area contributed by atoms with Crippen molar-refractivity contribution in [1.82, 2.24) is 15.5 Å². The van der Waals surface area contributed by atoms with Crippen LogP contribution in [-0.2, 0) is 25.9 Å². The first kappa shape index (κ1) is 32.4. The van der Waals surface area contributed by atoms with Crippen molar-refractivity contribution < 1.29 is 18.7 Å². The maximum atomic E-state index is 13.9. The topological polar surface area (TPSA) is 64.6 Å². The first-order valence-corrected chi connectivity index (χ1v) is 14.7. The highest BCUT2D eigenvalue weighted by Crippen LogP contribution is 2.16. The van der Waals surface area contributed by atoms with Crippen molar-refractivity contribution >= 4 is 5.91 Å². The number of nitrogens with one attached hydrogen (secondary N) is 2. The summed E-state index contributed by atoms with van der Waals surface area (Å²) in [5, 5.41) is 17.4. The van der Waals surface area contributed by atoms with Gasteiger partial charge in [0.1, 0.15) is 11.6 Å². The molecule has 0 aliphatic heterocycles. The Balaban J connectivity index is 1.73. The minimum absolute atomic E-state index is 0.0768. The summed E-state index contributed by atoms with van der Waals surface area (Å²) in [4.78, 5) is 15.7. The van der Waals surface area contributed by atoms with E-state index in [4.69, 9.17) is 0 Å². The third kappa shape index (κ3) is 11.0. The van der Waals surface area contributed by atoms with Crippen molar-refractivity contribution in [3.8, 4) is 0 Å². The van der Waals surface area contributed by atoms with Gasteiger partial charge in [0.05, 0.1) is 12.1 Å². The zero-order valence-corrected chi connectivity index (χ0v) is 24.9. The lowest BCUT2D eigenvalue weighted by Crippen LogP contribution is -2.48. The highest BCUT2D eigenvalue weighted by atomic mass is 19.1. The van der Waals surface area contributed by atoms with Crippen LogP contribution in [0.1, 0.15) is 71.3 Å². The maximum Gasteiger partial charge on any atom is 0.251 e. The van der Waals surface area contributed by atoms with Gasteiger partial charge in [-0.15, -0.1) is 0 Å². The summed E-state index contributed by atoms with van der Waals surface area (Å²) >= 11 is 0. The summed E-state index contributed by atoms with van der Waals surface area (Å²) in [5.74, 6) is -1.72. The zero-order chi connectivity index (χ0) is 29.8. The number of rotatable bonds is 16. The van der Waals surface area contributed by atoms with Gasteiger partial charge in [0.25, 0.3) is 5.91 Å². The molecule has 0 radical (unpaired) electrons. The molecule has 0 bridgehead atoms. The van der Waals surface area contributed by atoms with Gasteiger partial charge in [0.2, 0.25) is 0 Å². The molecule has 3 aromatic rings. The number of hydrogen-bond donors (Lipinski definition) is 3. The Morgan fingerprint density at radius 2 is 1.66 bits per heavy atom. The number of hydrogen-bond acceptors (Lipinski definition) is 4. The fraction of sp³-hybridized carbons (Fsp3) is 0.441. The third-order valence-electron chi connectivity index (χ3n) is 7.24. The van der Waals surface area contributed by atoms with Crippen LogP contribution in [0.5, 0.6) is 0 Å². The number of benzene rings is 3. The van der Waals surface area contributed by atoms with Crippen molar-refractivity contribution in [2.45, 2.75) is 78.1 Å². The van der Waals surface area contributed by atoms with Crippen molar-refractivity contribution in [2.75, 3.05) is 20.1 Å². The molecule has 222 valence electrons. The monoisotopic (exact) mass is 565 g/mol. The Kier molecular flexibility index (Phi) is 12.9. The number of aryl methyl sites for hydroxylation is 2. The molecular formula is C34H45F2N3O2. The average molecular weight is 566 g/mol. The van der Waals surface area contributed by atoms with Crippen molar-refractivity contribution in [3.05, 3.63) is 106 Å². The number of halogens is 2. The van der Waals surface area contributed by atoms with Gasteiger partial charge in [-0.3, -0.25) is 4.79 Å². The predicted octanol–water partition coefficient (Wildman–Crippen LogP) is 5.95. The molecule has 0 aliphatic rings. The Bertz CT molecular complexity index is 1250. The first-order chi connectivity index (χ1) is 19.7. The molecule has 0 aromatic heterocycles.